The molecule has 0 radical (unpaired) electrons. The zero-order valence-electron chi connectivity index (χ0n) is 7.94. The van der Waals surface area contributed by atoms with Crippen molar-refractivity contribution < 1.29 is 4.39 Å². The highest BCUT2D eigenvalue weighted by atomic mass is 35.5. The lowest BCUT2D eigenvalue weighted by atomic mass is 10.1. The minimum absolute atomic E-state index is 0.167. The van der Waals surface area contributed by atoms with Crippen LogP contribution in [0.4, 0.5) is 10.2 Å². The van der Waals surface area contributed by atoms with Gasteiger partial charge in [-0.05, 0) is 19.9 Å². The Morgan fingerprint density at radius 1 is 1.57 bits per heavy atom. The number of hydrogen-bond donors (Lipinski definition) is 1. The maximum atomic E-state index is 13.3. The number of nitrogens with zero attached hydrogens (tertiary/aromatic N) is 1. The monoisotopic (exact) mass is 236 g/mol. The first-order valence-corrected chi connectivity index (χ1v) is 5.01. The van der Waals surface area contributed by atoms with Gasteiger partial charge in [-0.15, -0.1) is 11.6 Å². The first-order chi connectivity index (χ1) is 6.44. The van der Waals surface area contributed by atoms with Crippen molar-refractivity contribution in [1.29, 1.82) is 0 Å². The maximum Gasteiger partial charge on any atom is 0.166 e. The van der Waals surface area contributed by atoms with Gasteiger partial charge in [-0.1, -0.05) is 11.6 Å². The second kappa shape index (κ2) is 4.32. The predicted molar refractivity (Wildman–Crippen MR) is 57.6 cm³/mol. The molecule has 1 N–H and O–H groups in total. The molecule has 0 aliphatic heterocycles. The number of aromatic nitrogens is 1. The van der Waals surface area contributed by atoms with E-state index in [1.54, 1.807) is 0 Å². The predicted octanol–water partition coefficient (Wildman–Crippen LogP) is 3.30. The van der Waals surface area contributed by atoms with Crippen LogP contribution in [0, 0.1) is 5.82 Å². The van der Waals surface area contributed by atoms with Crippen LogP contribution >= 0.6 is 23.2 Å². The molecule has 0 spiro atoms. The normalized spacial score (nSPS) is 11.5. The molecule has 0 fully saturated rings. The zero-order chi connectivity index (χ0) is 10.8. The summed E-state index contributed by atoms with van der Waals surface area (Å²) in [7, 11) is 0. The van der Waals surface area contributed by atoms with Crippen LogP contribution in [0.3, 0.4) is 0 Å². The number of rotatable bonds is 3. The van der Waals surface area contributed by atoms with E-state index in [9.17, 15) is 4.39 Å². The summed E-state index contributed by atoms with van der Waals surface area (Å²) in [5.41, 5.74) is -0.400. The second-order valence-electron chi connectivity index (χ2n) is 3.63. The van der Waals surface area contributed by atoms with Crippen molar-refractivity contribution in [2.45, 2.75) is 19.4 Å². The summed E-state index contributed by atoms with van der Waals surface area (Å²) in [6, 6.07) is 1.21. The standard InChI is InChI=1S/C9H11Cl2FN2/c1-9(2,5-10)14-8-7(12)3-6(11)4-13-8/h3-4H,5H2,1-2H3,(H,13,14). The van der Waals surface area contributed by atoms with Crippen molar-refractivity contribution in [3.05, 3.63) is 23.1 Å². The summed E-state index contributed by atoms with van der Waals surface area (Å²) >= 11 is 11.3. The number of nitrogens with one attached hydrogen (secondary N) is 1. The Hall–Kier alpha value is -0.540. The van der Waals surface area contributed by atoms with Crippen LogP contribution in [0.1, 0.15) is 13.8 Å². The number of halogens is 3. The van der Waals surface area contributed by atoms with Crippen molar-refractivity contribution in [3.63, 3.8) is 0 Å². The summed E-state index contributed by atoms with van der Waals surface area (Å²) in [5, 5.41) is 3.16. The summed E-state index contributed by atoms with van der Waals surface area (Å²) in [6.07, 6.45) is 1.39. The number of anilines is 1. The van der Waals surface area contributed by atoms with E-state index in [4.69, 9.17) is 23.2 Å². The highest BCUT2D eigenvalue weighted by molar-refractivity contribution is 6.30. The molecule has 0 bridgehead atoms. The van der Waals surface area contributed by atoms with E-state index in [1.807, 2.05) is 13.8 Å². The van der Waals surface area contributed by atoms with Gasteiger partial charge < -0.3 is 5.32 Å². The Kier molecular flexibility index (Phi) is 3.56. The van der Waals surface area contributed by atoms with E-state index in [2.05, 4.69) is 10.3 Å². The molecule has 0 aromatic carbocycles. The quantitative estimate of drug-likeness (QED) is 0.816. The summed E-state index contributed by atoms with van der Waals surface area (Å²) in [4.78, 5) is 3.83. The van der Waals surface area contributed by atoms with E-state index in [0.717, 1.165) is 0 Å². The summed E-state index contributed by atoms with van der Waals surface area (Å²) in [6.45, 7) is 3.71. The largest absolute Gasteiger partial charge is 0.362 e. The lowest BCUT2D eigenvalue weighted by Crippen LogP contribution is -2.33. The molecule has 0 atom stereocenters. The first-order valence-electron chi connectivity index (χ1n) is 4.10. The maximum absolute atomic E-state index is 13.3. The van der Waals surface area contributed by atoms with Gasteiger partial charge in [-0.3, -0.25) is 0 Å². The minimum Gasteiger partial charge on any atom is -0.362 e. The lowest BCUT2D eigenvalue weighted by molar-refractivity contribution is 0.594. The van der Waals surface area contributed by atoms with Crippen LogP contribution in [0.15, 0.2) is 12.3 Å². The van der Waals surface area contributed by atoms with Gasteiger partial charge in [-0.2, -0.15) is 0 Å². The molecule has 0 aliphatic rings. The molecule has 2 nitrogen and oxygen atoms in total. The van der Waals surface area contributed by atoms with Gasteiger partial charge in [0.2, 0.25) is 0 Å². The average molecular weight is 237 g/mol. The van der Waals surface area contributed by atoms with E-state index < -0.39 is 11.4 Å². The van der Waals surface area contributed by atoms with E-state index in [-0.39, 0.29) is 10.8 Å². The third-order valence-corrected chi connectivity index (χ3v) is 2.47. The van der Waals surface area contributed by atoms with E-state index in [1.165, 1.54) is 12.3 Å². The van der Waals surface area contributed by atoms with Gasteiger partial charge in [0.25, 0.3) is 0 Å². The fourth-order valence-corrected chi connectivity index (χ4v) is 1.07. The molecule has 1 rings (SSSR count). The van der Waals surface area contributed by atoms with Crippen molar-refractivity contribution in [2.24, 2.45) is 0 Å². The molecule has 0 saturated heterocycles. The molecule has 1 heterocycles. The van der Waals surface area contributed by atoms with Gasteiger partial charge in [0.1, 0.15) is 0 Å². The van der Waals surface area contributed by atoms with Crippen molar-refractivity contribution >= 4 is 29.0 Å². The van der Waals surface area contributed by atoms with Crippen LogP contribution in [-0.2, 0) is 0 Å². The third-order valence-electron chi connectivity index (χ3n) is 1.60. The Bertz CT molecular complexity index is 329. The molecule has 14 heavy (non-hydrogen) atoms. The SMILES string of the molecule is CC(C)(CCl)Nc1ncc(Cl)cc1F. The van der Waals surface area contributed by atoms with Gasteiger partial charge in [0.05, 0.1) is 5.02 Å². The van der Waals surface area contributed by atoms with E-state index >= 15 is 0 Å². The van der Waals surface area contributed by atoms with Crippen LogP contribution < -0.4 is 5.32 Å². The second-order valence-corrected chi connectivity index (χ2v) is 4.33. The van der Waals surface area contributed by atoms with Crippen molar-refractivity contribution in [1.82, 2.24) is 4.98 Å². The molecule has 0 saturated carbocycles. The topological polar surface area (TPSA) is 24.9 Å². The highest BCUT2D eigenvalue weighted by Crippen LogP contribution is 2.19. The van der Waals surface area contributed by atoms with Crippen LogP contribution in [0.2, 0.25) is 5.02 Å². The van der Waals surface area contributed by atoms with Crippen molar-refractivity contribution in [3.8, 4) is 0 Å². The third kappa shape index (κ3) is 3.00. The Balaban J connectivity index is 2.87. The molecule has 0 unspecified atom stereocenters. The highest BCUT2D eigenvalue weighted by Gasteiger charge is 2.18. The van der Waals surface area contributed by atoms with Crippen LogP contribution in [-0.4, -0.2) is 16.4 Å². The first kappa shape index (κ1) is 11.5. The molecule has 78 valence electrons. The van der Waals surface area contributed by atoms with Crippen LogP contribution in [0.25, 0.3) is 0 Å². The van der Waals surface area contributed by atoms with Crippen LogP contribution in [0.5, 0.6) is 0 Å². The molecular weight excluding hydrogens is 226 g/mol. The smallest absolute Gasteiger partial charge is 0.166 e. The van der Waals surface area contributed by atoms with E-state index in [0.29, 0.717) is 5.88 Å². The fraction of sp³-hybridized carbons (Fsp3) is 0.444. The Labute approximate surface area is 92.4 Å². The number of hydrogen-bond acceptors (Lipinski definition) is 2. The van der Waals surface area contributed by atoms with Gasteiger partial charge in [0.15, 0.2) is 11.6 Å². The van der Waals surface area contributed by atoms with Crippen molar-refractivity contribution in [2.75, 3.05) is 11.2 Å². The number of pyridine rings is 1. The van der Waals surface area contributed by atoms with Gasteiger partial charge in [0, 0.05) is 17.6 Å². The summed E-state index contributed by atoms with van der Waals surface area (Å²) in [5.74, 6) is 0.0484. The number of alkyl halides is 1. The molecule has 1 aromatic rings. The molecule has 1 aromatic heterocycles. The molecular formula is C9H11Cl2FN2. The molecule has 5 heteroatoms. The fourth-order valence-electron chi connectivity index (χ4n) is 0.860. The van der Waals surface area contributed by atoms with Gasteiger partial charge >= 0.3 is 0 Å². The lowest BCUT2D eigenvalue weighted by Gasteiger charge is -2.24. The molecule has 0 aliphatic carbocycles. The average Bonchev–Trinajstić information content (AvgIpc) is 2.10. The van der Waals surface area contributed by atoms with Gasteiger partial charge in [-0.25, -0.2) is 9.37 Å². The Morgan fingerprint density at radius 3 is 2.71 bits per heavy atom. The minimum atomic E-state index is -0.476. The Morgan fingerprint density at radius 2 is 2.21 bits per heavy atom. The summed E-state index contributed by atoms with van der Waals surface area (Å²) < 4.78 is 13.3. The molecule has 0 amide bonds. The zero-order valence-corrected chi connectivity index (χ0v) is 9.45.